The fraction of sp³-hybridized carbons (Fsp3) is 0.364. The van der Waals surface area contributed by atoms with E-state index in [0.717, 1.165) is 22.9 Å². The molecule has 0 spiro atoms. The molecule has 1 saturated heterocycles. The average Bonchev–Trinajstić information content (AvgIpc) is 2.67. The molecule has 0 saturated carbocycles. The van der Waals surface area contributed by atoms with Crippen molar-refractivity contribution >= 4 is 22.0 Å². The van der Waals surface area contributed by atoms with E-state index in [1.54, 1.807) is 0 Å². The van der Waals surface area contributed by atoms with Crippen LogP contribution in [0.25, 0.3) is 0 Å². The number of halogens is 1. The van der Waals surface area contributed by atoms with Crippen molar-refractivity contribution in [3.05, 3.63) is 34.3 Å². The van der Waals surface area contributed by atoms with Crippen LogP contribution in [0, 0.1) is 0 Å². The lowest BCUT2D eigenvalue weighted by Crippen LogP contribution is -2.28. The van der Waals surface area contributed by atoms with Gasteiger partial charge in [-0.15, -0.1) is 0 Å². The first-order valence-corrected chi connectivity index (χ1v) is 5.73. The van der Waals surface area contributed by atoms with E-state index in [2.05, 4.69) is 15.9 Å². The van der Waals surface area contributed by atoms with E-state index in [1.807, 2.05) is 24.3 Å². The minimum Gasteiger partial charge on any atom is -0.465 e. The summed E-state index contributed by atoms with van der Waals surface area (Å²) in [4.78, 5) is 12.5. The molecule has 2 rings (SSSR count). The van der Waals surface area contributed by atoms with Gasteiger partial charge in [0.2, 0.25) is 0 Å². The average molecular weight is 270 g/mol. The Labute approximate surface area is 96.8 Å². The number of hydrogen-bond acceptors (Lipinski definition) is 1. The van der Waals surface area contributed by atoms with Gasteiger partial charge in [-0.3, -0.25) is 0 Å². The topological polar surface area (TPSA) is 40.5 Å². The smallest absolute Gasteiger partial charge is 0.407 e. The summed E-state index contributed by atoms with van der Waals surface area (Å²) >= 11 is 3.37. The van der Waals surface area contributed by atoms with Gasteiger partial charge in [-0.1, -0.05) is 28.1 Å². The van der Waals surface area contributed by atoms with Crippen LogP contribution in [0.4, 0.5) is 4.79 Å². The van der Waals surface area contributed by atoms with E-state index >= 15 is 0 Å². The first-order chi connectivity index (χ1) is 7.18. The Kier molecular flexibility index (Phi) is 2.95. The van der Waals surface area contributed by atoms with Crippen LogP contribution in [0.1, 0.15) is 24.4 Å². The van der Waals surface area contributed by atoms with Gasteiger partial charge in [0.15, 0.2) is 0 Å². The van der Waals surface area contributed by atoms with Crippen molar-refractivity contribution in [1.82, 2.24) is 4.90 Å². The number of likely N-dealkylation sites (tertiary alicyclic amines) is 1. The van der Waals surface area contributed by atoms with Crippen molar-refractivity contribution in [2.45, 2.75) is 18.9 Å². The van der Waals surface area contributed by atoms with Crippen molar-refractivity contribution in [3.8, 4) is 0 Å². The van der Waals surface area contributed by atoms with Crippen LogP contribution in [0.5, 0.6) is 0 Å². The SMILES string of the molecule is O=C(O)N1CCC[C@@H]1c1ccc(Br)cc1. The highest BCUT2D eigenvalue weighted by Gasteiger charge is 2.29. The number of nitrogens with zero attached hydrogens (tertiary/aromatic N) is 1. The van der Waals surface area contributed by atoms with Crippen LogP contribution in [-0.2, 0) is 0 Å². The highest BCUT2D eigenvalue weighted by molar-refractivity contribution is 9.10. The van der Waals surface area contributed by atoms with Gasteiger partial charge < -0.3 is 10.0 Å². The van der Waals surface area contributed by atoms with E-state index in [4.69, 9.17) is 5.11 Å². The fourth-order valence-corrected chi connectivity index (χ4v) is 2.29. The van der Waals surface area contributed by atoms with Gasteiger partial charge in [0.1, 0.15) is 0 Å². The van der Waals surface area contributed by atoms with Gasteiger partial charge in [-0.05, 0) is 30.5 Å². The van der Waals surface area contributed by atoms with Crippen molar-refractivity contribution in [2.75, 3.05) is 6.54 Å². The highest BCUT2D eigenvalue weighted by atomic mass is 79.9. The van der Waals surface area contributed by atoms with Crippen LogP contribution >= 0.6 is 15.9 Å². The molecule has 0 aliphatic carbocycles. The largest absolute Gasteiger partial charge is 0.465 e. The molecule has 1 aliphatic heterocycles. The Morgan fingerprint density at radius 1 is 1.40 bits per heavy atom. The Hall–Kier alpha value is -1.03. The predicted molar refractivity (Wildman–Crippen MR) is 60.8 cm³/mol. The summed E-state index contributed by atoms with van der Waals surface area (Å²) in [6, 6.07) is 7.91. The Morgan fingerprint density at radius 2 is 2.07 bits per heavy atom. The molecule has 1 aromatic rings. The molecule has 1 heterocycles. The number of hydrogen-bond donors (Lipinski definition) is 1. The lowest BCUT2D eigenvalue weighted by molar-refractivity contribution is 0.140. The molecular weight excluding hydrogens is 258 g/mol. The lowest BCUT2D eigenvalue weighted by Gasteiger charge is -2.21. The van der Waals surface area contributed by atoms with Gasteiger partial charge in [-0.2, -0.15) is 0 Å². The second-order valence-electron chi connectivity index (χ2n) is 3.69. The summed E-state index contributed by atoms with van der Waals surface area (Å²) < 4.78 is 1.02. The molecule has 0 unspecified atom stereocenters. The minimum absolute atomic E-state index is 0.0376. The molecule has 0 bridgehead atoms. The van der Waals surface area contributed by atoms with Gasteiger partial charge in [0.25, 0.3) is 0 Å². The van der Waals surface area contributed by atoms with E-state index in [0.29, 0.717) is 6.54 Å². The number of carboxylic acid groups (broad SMARTS) is 1. The lowest BCUT2D eigenvalue weighted by atomic mass is 10.1. The molecule has 80 valence electrons. The third kappa shape index (κ3) is 2.15. The Balaban J connectivity index is 2.22. The van der Waals surface area contributed by atoms with Crippen molar-refractivity contribution in [1.29, 1.82) is 0 Å². The molecule has 1 aromatic carbocycles. The first-order valence-electron chi connectivity index (χ1n) is 4.93. The molecule has 15 heavy (non-hydrogen) atoms. The summed E-state index contributed by atoms with van der Waals surface area (Å²) in [6.45, 7) is 0.649. The van der Waals surface area contributed by atoms with Gasteiger partial charge >= 0.3 is 6.09 Å². The second kappa shape index (κ2) is 4.23. The summed E-state index contributed by atoms with van der Waals surface area (Å²) in [5.74, 6) is 0. The number of amides is 1. The fourth-order valence-electron chi connectivity index (χ4n) is 2.03. The molecule has 0 radical (unpaired) electrons. The zero-order valence-electron chi connectivity index (χ0n) is 8.19. The normalized spacial score (nSPS) is 20.6. The van der Waals surface area contributed by atoms with Crippen LogP contribution < -0.4 is 0 Å². The quantitative estimate of drug-likeness (QED) is 0.850. The summed E-state index contributed by atoms with van der Waals surface area (Å²) in [5.41, 5.74) is 1.08. The summed E-state index contributed by atoms with van der Waals surface area (Å²) in [5, 5.41) is 9.02. The third-order valence-electron chi connectivity index (χ3n) is 2.75. The standard InChI is InChI=1S/C11H12BrNO2/c12-9-5-3-8(4-6-9)10-2-1-7-13(10)11(14)15/h3-6,10H,1-2,7H2,(H,14,15)/t10-/m1/s1. The van der Waals surface area contributed by atoms with Gasteiger partial charge in [0, 0.05) is 11.0 Å². The van der Waals surface area contributed by atoms with Crippen LogP contribution in [0.15, 0.2) is 28.7 Å². The minimum atomic E-state index is -0.819. The summed E-state index contributed by atoms with van der Waals surface area (Å²) in [6.07, 6.45) is 1.06. The number of benzene rings is 1. The van der Waals surface area contributed by atoms with Gasteiger partial charge in [-0.25, -0.2) is 4.79 Å². The maximum absolute atomic E-state index is 11.0. The molecule has 1 aliphatic rings. The van der Waals surface area contributed by atoms with E-state index in [1.165, 1.54) is 4.90 Å². The molecular formula is C11H12BrNO2. The molecule has 3 nitrogen and oxygen atoms in total. The van der Waals surface area contributed by atoms with E-state index < -0.39 is 6.09 Å². The predicted octanol–water partition coefficient (Wildman–Crippen LogP) is 3.26. The van der Waals surface area contributed by atoms with Crippen molar-refractivity contribution in [2.24, 2.45) is 0 Å². The van der Waals surface area contributed by atoms with Crippen LogP contribution in [-0.4, -0.2) is 22.6 Å². The molecule has 0 aromatic heterocycles. The zero-order valence-corrected chi connectivity index (χ0v) is 9.77. The Morgan fingerprint density at radius 3 is 2.67 bits per heavy atom. The van der Waals surface area contributed by atoms with Crippen molar-refractivity contribution < 1.29 is 9.90 Å². The van der Waals surface area contributed by atoms with Gasteiger partial charge in [0.05, 0.1) is 6.04 Å². The van der Waals surface area contributed by atoms with E-state index in [-0.39, 0.29) is 6.04 Å². The van der Waals surface area contributed by atoms with Crippen LogP contribution in [0.2, 0.25) is 0 Å². The monoisotopic (exact) mass is 269 g/mol. The Bertz CT molecular complexity index is 363. The first kappa shape index (κ1) is 10.5. The summed E-state index contributed by atoms with van der Waals surface area (Å²) in [7, 11) is 0. The molecule has 1 amide bonds. The highest BCUT2D eigenvalue weighted by Crippen LogP contribution is 2.32. The van der Waals surface area contributed by atoms with Crippen LogP contribution in [0.3, 0.4) is 0 Å². The number of rotatable bonds is 1. The zero-order chi connectivity index (χ0) is 10.8. The maximum atomic E-state index is 11.0. The maximum Gasteiger partial charge on any atom is 0.407 e. The molecule has 1 N–H and O–H groups in total. The second-order valence-corrected chi connectivity index (χ2v) is 4.60. The van der Waals surface area contributed by atoms with E-state index in [9.17, 15) is 4.79 Å². The number of carbonyl (C=O) groups is 1. The third-order valence-corrected chi connectivity index (χ3v) is 3.28. The van der Waals surface area contributed by atoms with Crippen molar-refractivity contribution in [3.63, 3.8) is 0 Å². The molecule has 1 atom stereocenters. The molecule has 4 heteroatoms. The molecule has 1 fully saturated rings.